The number of imidazole rings is 1. The van der Waals surface area contributed by atoms with E-state index in [4.69, 9.17) is 15.1 Å². The number of carbonyl (C=O) groups excluding carboxylic acids is 3. The number of nitrogens with zero attached hydrogens (tertiary/aromatic N) is 4. The van der Waals surface area contributed by atoms with Crippen LogP contribution >= 0.6 is 0 Å². The lowest BCUT2D eigenvalue weighted by molar-refractivity contribution is -0.141. The highest BCUT2D eigenvalue weighted by Gasteiger charge is 2.45. The van der Waals surface area contributed by atoms with Crippen molar-refractivity contribution in [1.82, 2.24) is 24.7 Å². The molecule has 0 aliphatic carbocycles. The molecule has 3 aromatic carbocycles. The van der Waals surface area contributed by atoms with Crippen LogP contribution < -0.4 is 10.6 Å². The molecule has 3 amide bonds. The average molecular weight is 624 g/mol. The highest BCUT2D eigenvalue weighted by molar-refractivity contribution is 6.11. The molecule has 11 heteroatoms. The standard InChI is InChI=1S/C35H41N7O4/c1-5-21-46-34(45)41(4)35(2,33(44)42-19-9-10-20-42)26-15-18-29-28(22-26)38-30(40(29)3)23-37-27-16-13-24(14-17-27)31(36)39-32(43)25-11-7-6-8-12-25/h6-8,11-18,22,37H,5,9-10,19-21,23H2,1-4H3,(H2,36,39,43)/t35-/m1/s1. The van der Waals surface area contributed by atoms with E-state index in [1.165, 1.54) is 4.90 Å². The Morgan fingerprint density at radius 1 is 1.00 bits per heavy atom. The van der Waals surface area contributed by atoms with Crippen LogP contribution in [-0.4, -0.2) is 69.8 Å². The van der Waals surface area contributed by atoms with Crippen LogP contribution in [0.25, 0.3) is 11.0 Å². The Hall–Kier alpha value is -5.19. The molecule has 0 unspecified atom stereocenters. The zero-order chi connectivity index (χ0) is 32.8. The number of amides is 3. The van der Waals surface area contributed by atoms with Gasteiger partial charge >= 0.3 is 6.09 Å². The molecule has 1 saturated heterocycles. The summed E-state index contributed by atoms with van der Waals surface area (Å²) in [4.78, 5) is 47.5. The molecule has 1 aliphatic rings. The van der Waals surface area contributed by atoms with Crippen LogP contribution in [0.1, 0.15) is 60.4 Å². The van der Waals surface area contributed by atoms with Gasteiger partial charge in [0.15, 0.2) is 0 Å². The molecule has 5 rings (SSSR count). The summed E-state index contributed by atoms with van der Waals surface area (Å²) in [6.45, 7) is 5.75. The lowest BCUT2D eigenvalue weighted by Gasteiger charge is -2.39. The van der Waals surface area contributed by atoms with Crippen molar-refractivity contribution >= 4 is 40.5 Å². The van der Waals surface area contributed by atoms with Gasteiger partial charge in [0.1, 0.15) is 17.2 Å². The van der Waals surface area contributed by atoms with E-state index in [0.717, 1.165) is 29.9 Å². The molecule has 11 nitrogen and oxygen atoms in total. The second kappa shape index (κ2) is 13.8. The minimum atomic E-state index is -1.27. The molecule has 3 N–H and O–H groups in total. The largest absolute Gasteiger partial charge is 0.449 e. The predicted octanol–water partition coefficient (Wildman–Crippen LogP) is 5.26. The molecule has 1 aliphatic heterocycles. The van der Waals surface area contributed by atoms with Gasteiger partial charge in [0.05, 0.1) is 24.2 Å². The first-order valence-electron chi connectivity index (χ1n) is 15.6. The van der Waals surface area contributed by atoms with Gasteiger partial charge in [0.25, 0.3) is 11.8 Å². The van der Waals surface area contributed by atoms with Crippen LogP contribution in [0.5, 0.6) is 0 Å². The average Bonchev–Trinajstić information content (AvgIpc) is 3.73. The van der Waals surface area contributed by atoms with Crippen LogP contribution in [0.4, 0.5) is 10.5 Å². The number of ether oxygens (including phenoxy) is 1. The van der Waals surface area contributed by atoms with Gasteiger partial charge in [-0.3, -0.25) is 19.9 Å². The smallest absolute Gasteiger partial charge is 0.410 e. The lowest BCUT2D eigenvalue weighted by Crippen LogP contribution is -2.55. The number of amidine groups is 1. The van der Waals surface area contributed by atoms with Gasteiger partial charge in [-0.2, -0.15) is 0 Å². The van der Waals surface area contributed by atoms with Crippen molar-refractivity contribution in [2.75, 3.05) is 32.1 Å². The van der Waals surface area contributed by atoms with Crippen molar-refractivity contribution in [3.8, 4) is 0 Å². The Balaban J connectivity index is 1.32. The fourth-order valence-corrected chi connectivity index (χ4v) is 5.65. The molecule has 1 fully saturated rings. The third-order valence-electron chi connectivity index (χ3n) is 8.62. The quantitative estimate of drug-likeness (QED) is 0.163. The number of aryl methyl sites for hydroxylation is 1. The summed E-state index contributed by atoms with van der Waals surface area (Å²) >= 11 is 0. The zero-order valence-electron chi connectivity index (χ0n) is 26.8. The molecule has 0 spiro atoms. The van der Waals surface area contributed by atoms with Gasteiger partial charge in [-0.1, -0.05) is 31.2 Å². The number of aromatic nitrogens is 2. The van der Waals surface area contributed by atoms with Gasteiger partial charge in [-0.05, 0) is 80.3 Å². The van der Waals surface area contributed by atoms with E-state index in [-0.39, 0.29) is 24.3 Å². The molecule has 4 aromatic rings. The normalized spacial score (nSPS) is 14.0. The SMILES string of the molecule is CCCOC(=O)N(C)[C@@](C)(C(=O)N1CCCC1)c1ccc2c(c1)nc(CNc1ccc(C(=N)NC(=O)c3ccccc3)cc1)n2C. The molecular formula is C35H41N7O4. The van der Waals surface area contributed by atoms with Gasteiger partial charge in [0.2, 0.25) is 0 Å². The Morgan fingerprint density at radius 3 is 2.37 bits per heavy atom. The maximum absolute atomic E-state index is 13.9. The van der Waals surface area contributed by atoms with Gasteiger partial charge < -0.3 is 24.8 Å². The number of nitrogens with one attached hydrogen (secondary N) is 3. The second-order valence-electron chi connectivity index (χ2n) is 11.7. The van der Waals surface area contributed by atoms with E-state index in [2.05, 4.69) is 10.6 Å². The zero-order valence-corrected chi connectivity index (χ0v) is 26.8. The number of hydrogen-bond acceptors (Lipinski definition) is 7. The first kappa shape index (κ1) is 32.2. The molecule has 0 radical (unpaired) electrons. The summed E-state index contributed by atoms with van der Waals surface area (Å²) in [7, 11) is 3.56. The third kappa shape index (κ3) is 6.58. The van der Waals surface area contributed by atoms with Crippen molar-refractivity contribution in [2.24, 2.45) is 7.05 Å². The molecular weight excluding hydrogens is 582 g/mol. The minimum Gasteiger partial charge on any atom is -0.449 e. The van der Waals surface area contributed by atoms with Crippen LogP contribution in [-0.2, 0) is 28.7 Å². The molecule has 0 saturated carbocycles. The summed E-state index contributed by atoms with van der Waals surface area (Å²) in [5.41, 5.74) is 2.91. The van der Waals surface area contributed by atoms with Crippen LogP contribution in [0.2, 0.25) is 0 Å². The van der Waals surface area contributed by atoms with E-state index in [9.17, 15) is 14.4 Å². The van der Waals surface area contributed by atoms with E-state index in [1.54, 1.807) is 50.4 Å². The fourth-order valence-electron chi connectivity index (χ4n) is 5.65. The van der Waals surface area contributed by atoms with Crippen LogP contribution in [0, 0.1) is 5.41 Å². The van der Waals surface area contributed by atoms with E-state index in [1.807, 2.05) is 59.8 Å². The van der Waals surface area contributed by atoms with E-state index < -0.39 is 11.6 Å². The van der Waals surface area contributed by atoms with Crippen LogP contribution in [0.15, 0.2) is 72.8 Å². The molecule has 240 valence electrons. The number of fused-ring (bicyclic) bond motifs is 1. The molecule has 46 heavy (non-hydrogen) atoms. The molecule has 2 heterocycles. The van der Waals surface area contributed by atoms with Crippen LogP contribution in [0.3, 0.4) is 0 Å². The summed E-state index contributed by atoms with van der Waals surface area (Å²) < 4.78 is 7.43. The van der Waals surface area contributed by atoms with E-state index in [0.29, 0.717) is 48.3 Å². The number of anilines is 1. The number of rotatable bonds is 10. The number of carbonyl (C=O) groups is 3. The second-order valence-corrected chi connectivity index (χ2v) is 11.7. The Morgan fingerprint density at radius 2 is 1.70 bits per heavy atom. The summed E-state index contributed by atoms with van der Waals surface area (Å²) in [6, 6.07) is 21.8. The fraction of sp³-hybridized carbons (Fsp3) is 0.343. The highest BCUT2D eigenvalue weighted by atomic mass is 16.6. The monoisotopic (exact) mass is 623 g/mol. The topological polar surface area (TPSA) is 133 Å². The van der Waals surface area contributed by atoms with Crippen molar-refractivity contribution in [1.29, 1.82) is 5.41 Å². The molecule has 0 bridgehead atoms. The maximum Gasteiger partial charge on any atom is 0.410 e. The first-order chi connectivity index (χ1) is 22.1. The third-order valence-corrected chi connectivity index (χ3v) is 8.62. The van der Waals surface area contributed by atoms with Gasteiger partial charge in [-0.25, -0.2) is 9.78 Å². The van der Waals surface area contributed by atoms with Crippen molar-refractivity contribution in [2.45, 2.75) is 45.2 Å². The van der Waals surface area contributed by atoms with Gasteiger partial charge in [0, 0.05) is 44.0 Å². The first-order valence-corrected chi connectivity index (χ1v) is 15.6. The molecule has 1 aromatic heterocycles. The van der Waals surface area contributed by atoms with E-state index >= 15 is 0 Å². The lowest BCUT2D eigenvalue weighted by atomic mass is 9.88. The summed E-state index contributed by atoms with van der Waals surface area (Å²) in [5, 5.41) is 14.3. The van der Waals surface area contributed by atoms with Crippen molar-refractivity contribution in [3.05, 3.63) is 95.3 Å². The Kier molecular flexibility index (Phi) is 9.69. The van der Waals surface area contributed by atoms with Crippen molar-refractivity contribution in [3.63, 3.8) is 0 Å². The Labute approximate surface area is 269 Å². The van der Waals surface area contributed by atoms with Gasteiger partial charge in [-0.15, -0.1) is 0 Å². The van der Waals surface area contributed by atoms with Crippen molar-refractivity contribution < 1.29 is 19.1 Å². The summed E-state index contributed by atoms with van der Waals surface area (Å²) in [6.07, 6.45) is 2.03. The molecule has 1 atom stereocenters. The number of benzene rings is 3. The number of hydrogen-bond donors (Lipinski definition) is 3. The number of likely N-dealkylation sites (tertiary alicyclic amines) is 1. The number of likely N-dealkylation sites (N-methyl/N-ethyl adjacent to an activating group) is 1. The maximum atomic E-state index is 13.9. The minimum absolute atomic E-state index is 0.0195. The Bertz CT molecular complexity index is 1730. The summed E-state index contributed by atoms with van der Waals surface area (Å²) in [5.74, 6) is 0.337. The highest BCUT2D eigenvalue weighted by Crippen LogP contribution is 2.34. The predicted molar refractivity (Wildman–Crippen MR) is 178 cm³/mol.